The highest BCUT2D eigenvalue weighted by Crippen LogP contribution is 2.39. The fourth-order valence-electron chi connectivity index (χ4n) is 3.01. The second-order valence-electron chi connectivity index (χ2n) is 6.44. The molecule has 0 amide bonds. The molecule has 0 spiro atoms. The van der Waals surface area contributed by atoms with Crippen LogP contribution in [0.25, 0.3) is 0 Å². The van der Waals surface area contributed by atoms with Crippen molar-refractivity contribution in [1.29, 1.82) is 0 Å². The van der Waals surface area contributed by atoms with Crippen LogP contribution >= 0.6 is 0 Å². The number of aryl methyl sites for hydroxylation is 1. The van der Waals surface area contributed by atoms with Crippen molar-refractivity contribution in [2.75, 3.05) is 6.61 Å². The molecule has 12 heteroatoms. The summed E-state index contributed by atoms with van der Waals surface area (Å²) in [6, 6.07) is 2.32. The largest absolute Gasteiger partial charge is 0.493 e. The van der Waals surface area contributed by atoms with Gasteiger partial charge in [-0.15, -0.1) is 0 Å². The van der Waals surface area contributed by atoms with Gasteiger partial charge in [0.25, 0.3) is 0 Å². The average molecular weight is 442 g/mol. The first-order valence-electron chi connectivity index (χ1n) is 8.46. The topological polar surface area (TPSA) is 35.8 Å². The van der Waals surface area contributed by atoms with Gasteiger partial charge >= 0.3 is 19.0 Å². The van der Waals surface area contributed by atoms with Crippen molar-refractivity contribution in [2.24, 2.45) is 12.0 Å². The monoisotopic (exact) mass is 442 g/mol. The van der Waals surface area contributed by atoms with Crippen LogP contribution in [0.1, 0.15) is 29.2 Å². The Morgan fingerprint density at radius 2 is 1.73 bits per heavy atom. The minimum atomic E-state index is -4.81. The second kappa shape index (κ2) is 7.80. The molecule has 0 bridgehead atoms. The molecule has 0 radical (unpaired) electrons. The second-order valence-corrected chi connectivity index (χ2v) is 6.44. The summed E-state index contributed by atoms with van der Waals surface area (Å²) in [5.41, 5.74) is -2.23. The van der Waals surface area contributed by atoms with Crippen LogP contribution in [-0.4, -0.2) is 17.8 Å². The van der Waals surface area contributed by atoms with Gasteiger partial charge < -0.3 is 14.0 Å². The quantitative estimate of drug-likeness (QED) is 0.621. The van der Waals surface area contributed by atoms with E-state index in [1.807, 2.05) is 0 Å². The van der Waals surface area contributed by atoms with Gasteiger partial charge in [-0.2, -0.15) is 35.1 Å². The van der Waals surface area contributed by atoms with Crippen molar-refractivity contribution in [1.82, 2.24) is 4.57 Å². The van der Waals surface area contributed by atoms with E-state index in [9.17, 15) is 35.1 Å². The zero-order valence-electron chi connectivity index (χ0n) is 15.2. The minimum Gasteiger partial charge on any atom is -0.493 e. The standard InChI is InChI=1S/C18H14F8N2O2/c1-28-8-10(18(24,25)26)7-14(30-16(19)20)15(28)27-12-4-5-29-13-6-9(17(21,22)23)2-3-11(12)13/h2-3,6-8,12,16H,4-5H2,1H3/b27-15-. The summed E-state index contributed by atoms with van der Waals surface area (Å²) in [5, 5.41) is 0. The van der Waals surface area contributed by atoms with E-state index in [-0.39, 0.29) is 29.8 Å². The summed E-state index contributed by atoms with van der Waals surface area (Å²) in [7, 11) is 1.17. The van der Waals surface area contributed by atoms with E-state index in [4.69, 9.17) is 4.74 Å². The summed E-state index contributed by atoms with van der Waals surface area (Å²) >= 11 is 0. The van der Waals surface area contributed by atoms with Gasteiger partial charge in [0.05, 0.1) is 23.8 Å². The van der Waals surface area contributed by atoms with Gasteiger partial charge in [0.15, 0.2) is 11.2 Å². The molecule has 0 saturated heterocycles. The molecule has 0 fully saturated rings. The summed E-state index contributed by atoms with van der Waals surface area (Å²) in [4.78, 5) is 4.20. The van der Waals surface area contributed by atoms with Gasteiger partial charge in [-0.05, 0) is 18.2 Å². The van der Waals surface area contributed by atoms with E-state index >= 15 is 0 Å². The van der Waals surface area contributed by atoms with Gasteiger partial charge in [-0.3, -0.25) is 4.99 Å². The number of rotatable bonds is 3. The zero-order valence-corrected chi connectivity index (χ0v) is 15.2. The lowest BCUT2D eigenvalue weighted by Gasteiger charge is -2.24. The number of fused-ring (bicyclic) bond motifs is 1. The predicted octanol–water partition coefficient (Wildman–Crippen LogP) is 5.09. The van der Waals surface area contributed by atoms with Crippen LogP contribution in [-0.2, 0) is 19.4 Å². The van der Waals surface area contributed by atoms with E-state index in [2.05, 4.69) is 9.73 Å². The van der Waals surface area contributed by atoms with Gasteiger partial charge in [-0.25, -0.2) is 0 Å². The molecule has 1 aromatic carbocycles. The number of hydrogen-bond acceptors (Lipinski definition) is 3. The van der Waals surface area contributed by atoms with Crippen molar-refractivity contribution >= 4 is 0 Å². The SMILES string of the molecule is Cn1cc(C(F)(F)F)cc(OC(F)F)/c1=N/C1CCOc2cc(C(F)(F)F)ccc21. The van der Waals surface area contributed by atoms with Crippen LogP contribution in [0.15, 0.2) is 35.5 Å². The molecule has 2 heterocycles. The molecule has 1 atom stereocenters. The fourth-order valence-corrected chi connectivity index (χ4v) is 3.01. The Balaban J connectivity index is 2.12. The normalized spacial score (nSPS) is 17.7. The number of halogens is 8. The molecular weight excluding hydrogens is 428 g/mol. The van der Waals surface area contributed by atoms with E-state index in [1.54, 1.807) is 0 Å². The first-order chi connectivity index (χ1) is 13.9. The predicted molar refractivity (Wildman–Crippen MR) is 86.9 cm³/mol. The first kappa shape index (κ1) is 21.9. The third kappa shape index (κ3) is 4.68. The lowest BCUT2D eigenvalue weighted by molar-refractivity contribution is -0.139. The van der Waals surface area contributed by atoms with Gasteiger partial charge in [0.1, 0.15) is 5.75 Å². The van der Waals surface area contributed by atoms with Crippen molar-refractivity contribution in [2.45, 2.75) is 31.4 Å². The highest BCUT2D eigenvalue weighted by atomic mass is 19.4. The molecular formula is C18H14F8N2O2. The van der Waals surface area contributed by atoms with Crippen LogP contribution in [0, 0.1) is 0 Å². The van der Waals surface area contributed by atoms with Crippen molar-refractivity contribution < 1.29 is 44.6 Å². The highest BCUT2D eigenvalue weighted by molar-refractivity contribution is 5.42. The van der Waals surface area contributed by atoms with Gasteiger partial charge in [0, 0.05) is 25.2 Å². The zero-order chi connectivity index (χ0) is 22.3. The molecule has 4 nitrogen and oxygen atoms in total. The minimum absolute atomic E-state index is 0.0160. The average Bonchev–Trinajstić information content (AvgIpc) is 2.62. The molecule has 3 rings (SSSR count). The Morgan fingerprint density at radius 3 is 2.33 bits per heavy atom. The summed E-state index contributed by atoms with van der Waals surface area (Å²) in [6.07, 6.45) is -8.58. The number of hydrogen-bond donors (Lipinski definition) is 0. The van der Waals surface area contributed by atoms with Gasteiger partial charge in [-0.1, -0.05) is 6.07 Å². The highest BCUT2D eigenvalue weighted by Gasteiger charge is 2.34. The maximum Gasteiger partial charge on any atom is 0.417 e. The number of ether oxygens (including phenoxy) is 2. The number of nitrogens with zero attached hydrogens (tertiary/aromatic N) is 2. The van der Waals surface area contributed by atoms with Crippen LogP contribution in [0.4, 0.5) is 35.1 Å². The molecule has 1 aliphatic rings. The molecule has 0 N–H and O–H groups in total. The van der Waals surface area contributed by atoms with Crippen LogP contribution in [0.3, 0.4) is 0 Å². The maximum atomic E-state index is 13.0. The number of benzene rings is 1. The Labute approximate surface area is 164 Å². The molecule has 1 aliphatic heterocycles. The molecule has 1 aromatic heterocycles. The van der Waals surface area contributed by atoms with E-state index in [0.29, 0.717) is 12.3 Å². The van der Waals surface area contributed by atoms with Crippen molar-refractivity contribution in [3.63, 3.8) is 0 Å². The summed E-state index contributed by atoms with van der Waals surface area (Å²) < 4.78 is 114. The van der Waals surface area contributed by atoms with Gasteiger partial charge in [0.2, 0.25) is 0 Å². The smallest absolute Gasteiger partial charge is 0.417 e. The lowest BCUT2D eigenvalue weighted by Crippen LogP contribution is -2.26. The molecule has 30 heavy (non-hydrogen) atoms. The van der Waals surface area contributed by atoms with E-state index in [1.165, 1.54) is 7.05 Å². The fraction of sp³-hybridized carbons (Fsp3) is 0.389. The third-order valence-corrected chi connectivity index (χ3v) is 4.34. The number of alkyl halides is 8. The van der Waals surface area contributed by atoms with Crippen molar-refractivity contribution in [3.8, 4) is 11.5 Å². The number of pyridine rings is 1. The molecule has 1 unspecified atom stereocenters. The van der Waals surface area contributed by atoms with E-state index < -0.39 is 41.9 Å². The Bertz CT molecular complexity index is 995. The Morgan fingerprint density at radius 1 is 1.07 bits per heavy atom. The molecule has 0 saturated carbocycles. The Hall–Kier alpha value is -2.79. The summed E-state index contributed by atoms with van der Waals surface area (Å²) in [6.45, 7) is -3.42. The van der Waals surface area contributed by atoms with Crippen LogP contribution in [0.2, 0.25) is 0 Å². The molecule has 164 valence electrons. The Kier molecular flexibility index (Phi) is 5.70. The maximum absolute atomic E-state index is 13.0. The lowest BCUT2D eigenvalue weighted by atomic mass is 9.99. The molecule has 0 aliphatic carbocycles. The van der Waals surface area contributed by atoms with Crippen LogP contribution < -0.4 is 15.0 Å². The summed E-state index contributed by atoms with van der Waals surface area (Å²) in [5.74, 6) is -0.891. The third-order valence-electron chi connectivity index (χ3n) is 4.34. The van der Waals surface area contributed by atoms with Crippen molar-refractivity contribution in [3.05, 3.63) is 52.6 Å². The molecule has 2 aromatic rings. The number of aromatic nitrogens is 1. The van der Waals surface area contributed by atoms with E-state index in [0.717, 1.165) is 22.8 Å². The van der Waals surface area contributed by atoms with Crippen LogP contribution in [0.5, 0.6) is 11.5 Å². The first-order valence-corrected chi connectivity index (χ1v) is 8.46.